The highest BCUT2D eigenvalue weighted by atomic mass is 32.1. The predicted octanol–water partition coefficient (Wildman–Crippen LogP) is 3.49. The first-order valence-electron chi connectivity index (χ1n) is 6.98. The van der Waals surface area contributed by atoms with Gasteiger partial charge in [0.1, 0.15) is 21.5 Å². The minimum Gasteiger partial charge on any atom is -0.497 e. The lowest BCUT2D eigenvalue weighted by Crippen LogP contribution is -2.26. The van der Waals surface area contributed by atoms with Gasteiger partial charge in [0.05, 0.1) is 13.3 Å². The first kappa shape index (κ1) is 15.2. The Morgan fingerprint density at radius 1 is 1.13 bits per heavy atom. The zero-order chi connectivity index (χ0) is 16.2. The Hall–Kier alpha value is -2.73. The van der Waals surface area contributed by atoms with E-state index in [1.165, 1.54) is 16.2 Å². The number of ether oxygens (including phenoxy) is 1. The molecule has 0 unspecified atom stereocenters. The van der Waals surface area contributed by atoms with Crippen molar-refractivity contribution in [2.45, 2.75) is 0 Å². The number of rotatable bonds is 4. The van der Waals surface area contributed by atoms with Crippen LogP contribution < -0.4 is 9.64 Å². The van der Waals surface area contributed by atoms with Gasteiger partial charge in [-0.1, -0.05) is 6.07 Å². The number of hydrogen-bond acceptors (Lipinski definition) is 5. The van der Waals surface area contributed by atoms with Gasteiger partial charge in [0.15, 0.2) is 0 Å². The fourth-order valence-electron chi connectivity index (χ4n) is 2.06. The summed E-state index contributed by atoms with van der Waals surface area (Å²) in [6.07, 6.45) is 3.26. The standard InChI is InChI=1S/C17H15N3O2S/c1-20(15-5-3-4-10-18-15)17(21)14-11-19-16(23-14)12-6-8-13(22-2)9-7-12/h3-11H,1-2H3. The number of hydrogen-bond donors (Lipinski definition) is 0. The van der Waals surface area contributed by atoms with E-state index in [9.17, 15) is 4.79 Å². The minimum atomic E-state index is -0.124. The second-order valence-corrected chi connectivity index (χ2v) is 5.84. The number of carbonyl (C=O) groups excluding carboxylic acids is 1. The van der Waals surface area contributed by atoms with Crippen molar-refractivity contribution < 1.29 is 9.53 Å². The third-order valence-corrected chi connectivity index (χ3v) is 4.39. The van der Waals surface area contributed by atoms with Crippen LogP contribution in [0.1, 0.15) is 9.67 Å². The molecule has 0 bridgehead atoms. The molecule has 2 aromatic heterocycles. The highest BCUT2D eigenvalue weighted by Gasteiger charge is 2.17. The monoisotopic (exact) mass is 325 g/mol. The van der Waals surface area contributed by atoms with Gasteiger partial charge in [-0.3, -0.25) is 9.69 Å². The smallest absolute Gasteiger partial charge is 0.270 e. The highest BCUT2D eigenvalue weighted by Crippen LogP contribution is 2.27. The van der Waals surface area contributed by atoms with E-state index in [4.69, 9.17) is 4.74 Å². The van der Waals surface area contributed by atoms with E-state index in [2.05, 4.69) is 9.97 Å². The fraction of sp³-hybridized carbons (Fsp3) is 0.118. The number of pyridine rings is 1. The number of nitrogens with zero attached hydrogens (tertiary/aromatic N) is 3. The maximum absolute atomic E-state index is 12.5. The molecular weight excluding hydrogens is 310 g/mol. The lowest BCUT2D eigenvalue weighted by Gasteiger charge is -2.14. The number of methoxy groups -OCH3 is 1. The van der Waals surface area contributed by atoms with Crippen molar-refractivity contribution in [1.82, 2.24) is 9.97 Å². The topological polar surface area (TPSA) is 55.3 Å². The average molecular weight is 325 g/mol. The van der Waals surface area contributed by atoms with Crippen molar-refractivity contribution in [2.75, 3.05) is 19.1 Å². The third-order valence-electron chi connectivity index (χ3n) is 3.35. The Kier molecular flexibility index (Phi) is 4.34. The molecule has 5 nitrogen and oxygen atoms in total. The molecule has 6 heteroatoms. The van der Waals surface area contributed by atoms with Crippen molar-refractivity contribution in [3.8, 4) is 16.3 Å². The highest BCUT2D eigenvalue weighted by molar-refractivity contribution is 7.17. The largest absolute Gasteiger partial charge is 0.497 e. The van der Waals surface area contributed by atoms with Gasteiger partial charge in [0.25, 0.3) is 5.91 Å². The molecule has 23 heavy (non-hydrogen) atoms. The molecule has 0 fully saturated rings. The molecule has 0 aliphatic rings. The minimum absolute atomic E-state index is 0.124. The molecule has 1 amide bonds. The van der Waals surface area contributed by atoms with Crippen molar-refractivity contribution in [2.24, 2.45) is 0 Å². The Morgan fingerprint density at radius 2 is 1.91 bits per heavy atom. The summed E-state index contributed by atoms with van der Waals surface area (Å²) in [5, 5.41) is 0.797. The van der Waals surface area contributed by atoms with Gasteiger partial charge in [-0.25, -0.2) is 9.97 Å². The summed E-state index contributed by atoms with van der Waals surface area (Å²) in [4.78, 5) is 23.2. The maximum atomic E-state index is 12.5. The van der Waals surface area contributed by atoms with Crippen LogP contribution >= 0.6 is 11.3 Å². The molecule has 1 aromatic carbocycles. The van der Waals surface area contributed by atoms with Crippen molar-refractivity contribution in [3.63, 3.8) is 0 Å². The lowest BCUT2D eigenvalue weighted by molar-refractivity contribution is 0.0996. The van der Waals surface area contributed by atoms with Crippen LogP contribution in [0.2, 0.25) is 0 Å². The van der Waals surface area contributed by atoms with Crippen molar-refractivity contribution in [3.05, 3.63) is 59.7 Å². The van der Waals surface area contributed by atoms with Gasteiger partial charge in [-0.15, -0.1) is 11.3 Å². The van der Waals surface area contributed by atoms with E-state index in [0.29, 0.717) is 10.7 Å². The van der Waals surface area contributed by atoms with Crippen molar-refractivity contribution >= 4 is 23.1 Å². The Labute approximate surface area is 138 Å². The summed E-state index contributed by atoms with van der Waals surface area (Å²) >= 11 is 1.36. The molecular formula is C17H15N3O2S. The van der Waals surface area contributed by atoms with Gasteiger partial charge in [-0.05, 0) is 36.4 Å². The SMILES string of the molecule is COc1ccc(-c2ncc(C(=O)N(C)c3ccccn3)s2)cc1. The summed E-state index contributed by atoms with van der Waals surface area (Å²) < 4.78 is 5.14. The molecule has 0 aliphatic carbocycles. The zero-order valence-corrected chi connectivity index (χ0v) is 13.6. The first-order valence-corrected chi connectivity index (χ1v) is 7.80. The van der Waals surface area contributed by atoms with Gasteiger partial charge in [0, 0.05) is 18.8 Å². The Morgan fingerprint density at radius 3 is 2.57 bits per heavy atom. The van der Waals surface area contributed by atoms with Gasteiger partial charge >= 0.3 is 0 Å². The Bertz CT molecular complexity index is 800. The molecule has 2 heterocycles. The first-order chi connectivity index (χ1) is 11.2. The summed E-state index contributed by atoms with van der Waals surface area (Å²) in [6, 6.07) is 13.1. The van der Waals surface area contributed by atoms with E-state index < -0.39 is 0 Å². The summed E-state index contributed by atoms with van der Waals surface area (Å²) in [5.41, 5.74) is 0.954. The second kappa shape index (κ2) is 6.58. The van der Waals surface area contributed by atoms with E-state index >= 15 is 0 Å². The fourth-order valence-corrected chi connectivity index (χ4v) is 2.96. The average Bonchev–Trinajstić information content (AvgIpc) is 3.11. The number of aromatic nitrogens is 2. The molecule has 0 N–H and O–H groups in total. The number of thiazole rings is 1. The molecule has 3 aromatic rings. The number of amides is 1. The van der Waals surface area contributed by atoms with Crippen LogP contribution in [0.3, 0.4) is 0 Å². The second-order valence-electron chi connectivity index (χ2n) is 4.81. The van der Waals surface area contributed by atoms with Crippen LogP contribution in [0.25, 0.3) is 10.6 Å². The number of benzene rings is 1. The van der Waals surface area contributed by atoms with Crippen LogP contribution in [-0.2, 0) is 0 Å². The summed E-state index contributed by atoms with van der Waals surface area (Å²) in [5.74, 6) is 1.27. The van der Waals surface area contributed by atoms with E-state index in [1.807, 2.05) is 36.4 Å². The molecule has 0 aliphatic heterocycles. The molecule has 0 saturated heterocycles. The molecule has 116 valence electrons. The normalized spacial score (nSPS) is 10.3. The van der Waals surface area contributed by atoms with Crippen LogP contribution in [0.4, 0.5) is 5.82 Å². The number of anilines is 1. The number of carbonyl (C=O) groups is 1. The van der Waals surface area contributed by atoms with Gasteiger partial charge in [-0.2, -0.15) is 0 Å². The summed E-state index contributed by atoms with van der Waals surface area (Å²) in [6.45, 7) is 0. The van der Waals surface area contributed by atoms with Crippen LogP contribution in [0.5, 0.6) is 5.75 Å². The van der Waals surface area contributed by atoms with Gasteiger partial charge in [0.2, 0.25) is 0 Å². The molecule has 0 atom stereocenters. The van der Waals surface area contributed by atoms with E-state index in [0.717, 1.165) is 16.3 Å². The van der Waals surface area contributed by atoms with Crippen LogP contribution in [0.15, 0.2) is 54.9 Å². The molecule has 3 rings (SSSR count). The Balaban J connectivity index is 1.82. The van der Waals surface area contributed by atoms with Crippen LogP contribution in [0, 0.1) is 0 Å². The maximum Gasteiger partial charge on any atom is 0.270 e. The molecule has 0 saturated carbocycles. The van der Waals surface area contributed by atoms with Crippen molar-refractivity contribution in [1.29, 1.82) is 0 Å². The van der Waals surface area contributed by atoms with E-state index in [1.54, 1.807) is 32.6 Å². The molecule has 0 radical (unpaired) electrons. The lowest BCUT2D eigenvalue weighted by atomic mass is 10.2. The van der Waals surface area contributed by atoms with Gasteiger partial charge < -0.3 is 4.74 Å². The quantitative estimate of drug-likeness (QED) is 0.737. The third kappa shape index (κ3) is 3.22. The van der Waals surface area contributed by atoms with E-state index in [-0.39, 0.29) is 5.91 Å². The summed E-state index contributed by atoms with van der Waals surface area (Å²) in [7, 11) is 3.33. The molecule has 0 spiro atoms. The zero-order valence-electron chi connectivity index (χ0n) is 12.8. The van der Waals surface area contributed by atoms with Crippen LogP contribution in [-0.4, -0.2) is 30.0 Å². The predicted molar refractivity (Wildman–Crippen MR) is 91.1 cm³/mol.